The molecule has 5 nitrogen and oxygen atoms in total. The van der Waals surface area contributed by atoms with Crippen LogP contribution in [-0.4, -0.2) is 19.7 Å². The normalized spacial score (nSPS) is 11.3. The third-order valence-electron chi connectivity index (χ3n) is 3.52. The summed E-state index contributed by atoms with van der Waals surface area (Å²) in [6.45, 7) is 0.642. The van der Waals surface area contributed by atoms with Gasteiger partial charge in [0.25, 0.3) is 0 Å². The lowest BCUT2D eigenvalue weighted by Gasteiger charge is -2.04. The van der Waals surface area contributed by atoms with Gasteiger partial charge in [0.2, 0.25) is 0 Å². The molecule has 0 saturated carbocycles. The van der Waals surface area contributed by atoms with Crippen molar-refractivity contribution in [2.75, 3.05) is 5.32 Å². The van der Waals surface area contributed by atoms with Gasteiger partial charge in [-0.1, -0.05) is 18.2 Å². The number of para-hydroxylation sites is 1. The lowest BCUT2D eigenvalue weighted by molar-refractivity contribution is 0.771. The number of benzene rings is 1. The van der Waals surface area contributed by atoms with Gasteiger partial charge in [-0.3, -0.25) is 4.68 Å². The van der Waals surface area contributed by atoms with Crippen molar-refractivity contribution in [2.24, 2.45) is 7.05 Å². The number of aromatic nitrogens is 4. The topological polar surface area (TPSA) is 55.6 Å². The number of hydrogen-bond donors (Lipinski definition) is 1. The molecule has 0 amide bonds. The first-order valence-corrected chi connectivity index (χ1v) is 7.53. The van der Waals surface area contributed by atoms with E-state index in [4.69, 9.17) is 0 Å². The first kappa shape index (κ1) is 12.3. The Morgan fingerprint density at radius 2 is 2.05 bits per heavy atom. The maximum absolute atomic E-state index is 4.59. The van der Waals surface area contributed by atoms with Crippen LogP contribution in [0.2, 0.25) is 0 Å². The van der Waals surface area contributed by atoms with Crippen molar-refractivity contribution in [1.29, 1.82) is 0 Å². The van der Waals surface area contributed by atoms with Crippen molar-refractivity contribution in [1.82, 2.24) is 19.7 Å². The molecule has 0 spiro atoms. The van der Waals surface area contributed by atoms with Crippen molar-refractivity contribution in [3.63, 3.8) is 0 Å². The summed E-state index contributed by atoms with van der Waals surface area (Å²) >= 11 is 1.62. The van der Waals surface area contributed by atoms with Crippen LogP contribution in [0, 0.1) is 0 Å². The highest BCUT2D eigenvalue weighted by atomic mass is 32.1. The Morgan fingerprint density at radius 1 is 1.14 bits per heavy atom. The molecule has 0 fully saturated rings. The van der Waals surface area contributed by atoms with Crippen molar-refractivity contribution in [3.8, 4) is 0 Å². The van der Waals surface area contributed by atoms with Gasteiger partial charge in [-0.2, -0.15) is 5.10 Å². The third-order valence-corrected chi connectivity index (χ3v) is 4.34. The van der Waals surface area contributed by atoms with Gasteiger partial charge in [-0.25, -0.2) is 9.97 Å². The summed E-state index contributed by atoms with van der Waals surface area (Å²) < 4.78 is 1.91. The van der Waals surface area contributed by atoms with Gasteiger partial charge >= 0.3 is 0 Å². The fourth-order valence-corrected chi connectivity index (χ4v) is 3.25. The second-order valence-corrected chi connectivity index (χ2v) is 5.70. The predicted octanol–water partition coefficient (Wildman–Crippen LogP) is 3.19. The average molecular weight is 295 g/mol. The van der Waals surface area contributed by atoms with E-state index >= 15 is 0 Å². The molecule has 0 aliphatic carbocycles. The zero-order valence-electron chi connectivity index (χ0n) is 11.4. The van der Waals surface area contributed by atoms with E-state index in [-0.39, 0.29) is 0 Å². The Hall–Kier alpha value is -2.47. The minimum absolute atomic E-state index is 0.642. The van der Waals surface area contributed by atoms with Gasteiger partial charge in [-0.15, -0.1) is 11.3 Å². The highest BCUT2D eigenvalue weighted by Gasteiger charge is 2.09. The quantitative estimate of drug-likeness (QED) is 0.630. The van der Waals surface area contributed by atoms with Crippen LogP contribution in [0.5, 0.6) is 0 Å². The summed E-state index contributed by atoms with van der Waals surface area (Å²) in [5, 5.41) is 12.2. The van der Waals surface area contributed by atoms with E-state index in [1.54, 1.807) is 17.7 Å². The zero-order chi connectivity index (χ0) is 14.2. The summed E-state index contributed by atoms with van der Waals surface area (Å²) in [4.78, 5) is 9.59. The van der Waals surface area contributed by atoms with E-state index < -0.39 is 0 Å². The number of nitrogens with one attached hydrogen (secondary N) is 1. The summed E-state index contributed by atoms with van der Waals surface area (Å²) in [6, 6.07) is 10.3. The van der Waals surface area contributed by atoms with Gasteiger partial charge in [0, 0.05) is 12.4 Å². The van der Waals surface area contributed by atoms with Crippen molar-refractivity contribution in [3.05, 3.63) is 47.7 Å². The summed E-state index contributed by atoms with van der Waals surface area (Å²) in [5.41, 5.74) is 2.16. The number of aryl methyl sites for hydroxylation is 1. The van der Waals surface area contributed by atoms with Crippen LogP contribution in [0.4, 0.5) is 5.82 Å². The monoisotopic (exact) mass is 295 g/mol. The molecule has 104 valence electrons. The van der Waals surface area contributed by atoms with E-state index in [0.29, 0.717) is 6.54 Å². The van der Waals surface area contributed by atoms with Crippen LogP contribution in [0.1, 0.15) is 5.69 Å². The number of hydrogen-bond acceptors (Lipinski definition) is 5. The van der Waals surface area contributed by atoms with Crippen LogP contribution in [0.3, 0.4) is 0 Å². The van der Waals surface area contributed by atoms with E-state index in [1.165, 1.54) is 5.39 Å². The maximum Gasteiger partial charge on any atom is 0.138 e. The van der Waals surface area contributed by atoms with Gasteiger partial charge in [-0.05, 0) is 17.5 Å². The molecule has 0 aliphatic heterocycles. The standard InChI is InChI=1S/C15H13N5S/c1-20-13-5-3-2-4-10(13)12(19-20)8-16-14-11-6-7-21-15(11)18-9-17-14/h2-7,9H,8H2,1H3,(H,16,17,18). The van der Waals surface area contributed by atoms with Crippen LogP contribution >= 0.6 is 11.3 Å². The zero-order valence-corrected chi connectivity index (χ0v) is 12.3. The first-order valence-electron chi connectivity index (χ1n) is 6.65. The molecule has 0 atom stereocenters. The summed E-state index contributed by atoms with van der Waals surface area (Å²) in [6.07, 6.45) is 1.59. The van der Waals surface area contributed by atoms with Crippen LogP contribution in [0.25, 0.3) is 21.1 Å². The van der Waals surface area contributed by atoms with Gasteiger partial charge in [0.1, 0.15) is 17.0 Å². The Bertz CT molecular complexity index is 924. The minimum atomic E-state index is 0.642. The molecule has 4 rings (SSSR count). The highest BCUT2D eigenvalue weighted by molar-refractivity contribution is 7.16. The fourth-order valence-electron chi connectivity index (χ4n) is 2.52. The predicted molar refractivity (Wildman–Crippen MR) is 85.5 cm³/mol. The van der Waals surface area contributed by atoms with E-state index in [1.807, 2.05) is 35.3 Å². The lowest BCUT2D eigenvalue weighted by atomic mass is 10.2. The molecular weight excluding hydrogens is 282 g/mol. The fraction of sp³-hybridized carbons (Fsp3) is 0.133. The number of fused-ring (bicyclic) bond motifs is 2. The number of anilines is 1. The Labute approximate surface area is 125 Å². The number of thiophene rings is 1. The Morgan fingerprint density at radius 3 is 3.00 bits per heavy atom. The van der Waals surface area contributed by atoms with Gasteiger partial charge in [0.05, 0.1) is 23.1 Å². The smallest absolute Gasteiger partial charge is 0.138 e. The van der Waals surface area contributed by atoms with Crippen LogP contribution < -0.4 is 5.32 Å². The van der Waals surface area contributed by atoms with E-state index in [0.717, 1.165) is 27.2 Å². The van der Waals surface area contributed by atoms with Crippen LogP contribution in [-0.2, 0) is 13.6 Å². The lowest BCUT2D eigenvalue weighted by Crippen LogP contribution is -2.03. The van der Waals surface area contributed by atoms with Crippen molar-refractivity contribution < 1.29 is 0 Å². The molecular formula is C15H13N5S. The molecule has 1 aromatic carbocycles. The van der Waals surface area contributed by atoms with Crippen molar-refractivity contribution in [2.45, 2.75) is 6.54 Å². The number of rotatable bonds is 3. The molecule has 0 bridgehead atoms. The van der Waals surface area contributed by atoms with Gasteiger partial charge < -0.3 is 5.32 Å². The second kappa shape index (κ2) is 4.82. The molecule has 0 unspecified atom stereocenters. The molecule has 0 aliphatic rings. The summed E-state index contributed by atoms with van der Waals surface area (Å²) in [7, 11) is 1.97. The maximum atomic E-state index is 4.59. The second-order valence-electron chi connectivity index (χ2n) is 4.80. The average Bonchev–Trinajstić information content (AvgIpc) is 3.11. The molecule has 21 heavy (non-hydrogen) atoms. The Kier molecular flexibility index (Phi) is 2.82. The van der Waals surface area contributed by atoms with Gasteiger partial charge in [0.15, 0.2) is 0 Å². The largest absolute Gasteiger partial charge is 0.364 e. The SMILES string of the molecule is Cn1nc(CNc2ncnc3sccc23)c2ccccc21. The van der Waals surface area contributed by atoms with Crippen LogP contribution in [0.15, 0.2) is 42.0 Å². The molecule has 3 heterocycles. The molecule has 6 heteroatoms. The highest BCUT2D eigenvalue weighted by Crippen LogP contribution is 2.25. The summed E-state index contributed by atoms with van der Waals surface area (Å²) in [5.74, 6) is 0.857. The van der Waals surface area contributed by atoms with Crippen molar-refractivity contribution >= 4 is 38.3 Å². The first-order chi connectivity index (χ1) is 10.3. The Balaban J connectivity index is 1.68. The number of nitrogens with zero attached hydrogens (tertiary/aromatic N) is 4. The molecule has 4 aromatic rings. The van der Waals surface area contributed by atoms with E-state index in [2.05, 4.69) is 32.5 Å². The van der Waals surface area contributed by atoms with E-state index in [9.17, 15) is 0 Å². The third kappa shape index (κ3) is 2.04. The minimum Gasteiger partial charge on any atom is -0.364 e. The molecule has 3 aromatic heterocycles. The molecule has 0 radical (unpaired) electrons. The molecule has 1 N–H and O–H groups in total. The molecule has 0 saturated heterocycles.